The molecule has 0 N–H and O–H groups in total. The van der Waals surface area contributed by atoms with Crippen LogP contribution in [0.15, 0.2) is 0 Å². The molecule has 0 unspecified atom stereocenters. The minimum absolute atomic E-state index is 0. The minimum atomic E-state index is -0.927. The van der Waals surface area contributed by atoms with E-state index >= 15 is 0 Å². The summed E-state index contributed by atoms with van der Waals surface area (Å²) in [6.45, 7) is 1.76. The van der Waals surface area contributed by atoms with Crippen molar-refractivity contribution in [3.63, 3.8) is 0 Å². The Hall–Kier alpha value is -0.370. The van der Waals surface area contributed by atoms with E-state index in [2.05, 4.69) is 4.74 Å². The standard InChI is InChI=1S/C6H7NO3.Na/c1-2-10-6(9)5(8)3-4-7;/h2-3H2,1H3;. The fraction of sp³-hybridized carbons (Fsp3) is 0.500. The number of carbonyl (C=O) groups excluding carboxylic acids is 2. The van der Waals surface area contributed by atoms with Gasteiger partial charge in [0.1, 0.15) is 6.42 Å². The molecule has 0 saturated carbocycles. The molecule has 0 bridgehead atoms. The van der Waals surface area contributed by atoms with Crippen LogP contribution in [0.5, 0.6) is 0 Å². The van der Waals surface area contributed by atoms with Crippen LogP contribution < -0.4 is 0 Å². The van der Waals surface area contributed by atoms with E-state index in [1.54, 1.807) is 13.0 Å². The summed E-state index contributed by atoms with van der Waals surface area (Å²) in [5.41, 5.74) is 0. The molecular weight excluding hydrogens is 157 g/mol. The molecule has 0 fully saturated rings. The van der Waals surface area contributed by atoms with Gasteiger partial charge in [0.05, 0.1) is 12.7 Å². The third-order valence-electron chi connectivity index (χ3n) is 0.743. The zero-order valence-corrected chi connectivity index (χ0v) is 8.59. The van der Waals surface area contributed by atoms with Gasteiger partial charge in [-0.05, 0) is 6.92 Å². The molecule has 1 radical (unpaired) electrons. The van der Waals surface area contributed by atoms with Gasteiger partial charge in [-0.3, -0.25) is 4.79 Å². The first-order chi connectivity index (χ1) is 4.72. The first-order valence-corrected chi connectivity index (χ1v) is 2.79. The maximum atomic E-state index is 10.4. The molecule has 0 aliphatic carbocycles. The molecule has 0 spiro atoms. The van der Waals surface area contributed by atoms with Crippen LogP contribution in [-0.2, 0) is 14.3 Å². The van der Waals surface area contributed by atoms with Gasteiger partial charge in [-0.1, -0.05) is 0 Å². The van der Waals surface area contributed by atoms with E-state index < -0.39 is 18.2 Å². The van der Waals surface area contributed by atoms with Gasteiger partial charge in [0.15, 0.2) is 0 Å². The Morgan fingerprint density at radius 2 is 2.09 bits per heavy atom. The third-order valence-corrected chi connectivity index (χ3v) is 0.743. The number of hydrogen-bond donors (Lipinski definition) is 0. The smallest absolute Gasteiger partial charge is 0.375 e. The van der Waals surface area contributed by atoms with Gasteiger partial charge >= 0.3 is 5.97 Å². The average Bonchev–Trinajstić information content (AvgIpc) is 1.89. The van der Waals surface area contributed by atoms with Crippen LogP contribution in [0.3, 0.4) is 0 Å². The van der Waals surface area contributed by atoms with Crippen molar-refractivity contribution in [2.45, 2.75) is 13.3 Å². The van der Waals surface area contributed by atoms with Crippen LogP contribution in [0, 0.1) is 11.3 Å². The van der Waals surface area contributed by atoms with Crippen molar-refractivity contribution >= 4 is 41.3 Å². The van der Waals surface area contributed by atoms with Gasteiger partial charge < -0.3 is 4.74 Å². The van der Waals surface area contributed by atoms with Gasteiger partial charge in [-0.25, -0.2) is 4.79 Å². The van der Waals surface area contributed by atoms with E-state index in [1.165, 1.54) is 0 Å². The molecule has 0 heterocycles. The zero-order chi connectivity index (χ0) is 7.98. The Balaban J connectivity index is 0. The molecule has 4 nitrogen and oxygen atoms in total. The Morgan fingerprint density at radius 3 is 2.45 bits per heavy atom. The molecule has 0 aromatic carbocycles. The number of esters is 1. The van der Waals surface area contributed by atoms with E-state index in [9.17, 15) is 9.59 Å². The van der Waals surface area contributed by atoms with Crippen LogP contribution in [0.4, 0.5) is 0 Å². The van der Waals surface area contributed by atoms with Crippen LogP contribution in [-0.4, -0.2) is 47.9 Å². The fourth-order valence-corrected chi connectivity index (χ4v) is 0.356. The summed E-state index contributed by atoms with van der Waals surface area (Å²) in [5.74, 6) is -1.71. The van der Waals surface area contributed by atoms with Crippen LogP contribution in [0.25, 0.3) is 0 Å². The van der Waals surface area contributed by atoms with Gasteiger partial charge in [-0.2, -0.15) is 5.26 Å². The van der Waals surface area contributed by atoms with Gasteiger partial charge in [0, 0.05) is 29.6 Å². The third kappa shape index (κ3) is 6.05. The number of carbonyl (C=O) groups is 2. The second kappa shape index (κ2) is 7.73. The Labute approximate surface area is 86.8 Å². The predicted molar refractivity (Wildman–Crippen MR) is 37.6 cm³/mol. The maximum Gasteiger partial charge on any atom is 0.375 e. The van der Waals surface area contributed by atoms with Gasteiger partial charge in [0.25, 0.3) is 5.78 Å². The summed E-state index contributed by atoms with van der Waals surface area (Å²) < 4.78 is 4.32. The molecule has 0 aliphatic rings. The molecule has 0 atom stereocenters. The van der Waals surface area contributed by atoms with E-state index in [0.717, 1.165) is 0 Å². The summed E-state index contributed by atoms with van der Waals surface area (Å²) in [6.07, 6.45) is -0.404. The first-order valence-electron chi connectivity index (χ1n) is 2.79. The minimum Gasteiger partial charge on any atom is -0.460 e. The molecule has 55 valence electrons. The van der Waals surface area contributed by atoms with E-state index in [4.69, 9.17) is 5.26 Å². The van der Waals surface area contributed by atoms with E-state index in [0.29, 0.717) is 0 Å². The summed E-state index contributed by atoms with van der Waals surface area (Å²) in [4.78, 5) is 20.8. The quantitative estimate of drug-likeness (QED) is 0.325. The normalized spacial score (nSPS) is 7.27. The summed E-state index contributed by atoms with van der Waals surface area (Å²) in [6, 6.07) is 1.56. The summed E-state index contributed by atoms with van der Waals surface area (Å²) >= 11 is 0. The largest absolute Gasteiger partial charge is 0.460 e. The Morgan fingerprint density at radius 1 is 1.55 bits per heavy atom. The van der Waals surface area contributed by atoms with Crippen LogP contribution >= 0.6 is 0 Å². The number of hydrogen-bond acceptors (Lipinski definition) is 4. The molecule has 0 aliphatic heterocycles. The van der Waals surface area contributed by atoms with Crippen LogP contribution in [0.1, 0.15) is 13.3 Å². The number of ketones is 1. The van der Waals surface area contributed by atoms with E-state index in [1.807, 2.05) is 0 Å². The average molecular weight is 164 g/mol. The molecule has 0 saturated heterocycles. The molecule has 0 aromatic rings. The second-order valence-electron chi connectivity index (χ2n) is 1.48. The molecule has 5 heteroatoms. The fourth-order valence-electron chi connectivity index (χ4n) is 0.356. The monoisotopic (exact) mass is 164 g/mol. The van der Waals surface area contributed by atoms with Crippen molar-refractivity contribution in [3.05, 3.63) is 0 Å². The summed E-state index contributed by atoms with van der Waals surface area (Å²) in [5, 5.41) is 7.98. The number of nitriles is 1. The molecule has 11 heavy (non-hydrogen) atoms. The Kier molecular flexibility index (Phi) is 9.31. The molecular formula is C6H7NNaO3. The number of ether oxygens (including phenoxy) is 1. The topological polar surface area (TPSA) is 67.2 Å². The molecule has 0 amide bonds. The van der Waals surface area contributed by atoms with Crippen molar-refractivity contribution in [1.29, 1.82) is 5.26 Å². The molecule has 0 aromatic heterocycles. The van der Waals surface area contributed by atoms with Crippen molar-refractivity contribution in [3.8, 4) is 6.07 Å². The number of rotatable bonds is 3. The maximum absolute atomic E-state index is 10.4. The Bertz CT molecular complexity index is 185. The zero-order valence-electron chi connectivity index (χ0n) is 6.59. The molecule has 0 rings (SSSR count). The van der Waals surface area contributed by atoms with Gasteiger partial charge in [-0.15, -0.1) is 0 Å². The van der Waals surface area contributed by atoms with Gasteiger partial charge in [0.2, 0.25) is 0 Å². The number of nitrogens with zero attached hydrogens (tertiary/aromatic N) is 1. The van der Waals surface area contributed by atoms with Crippen molar-refractivity contribution in [1.82, 2.24) is 0 Å². The summed E-state index contributed by atoms with van der Waals surface area (Å²) in [7, 11) is 0. The van der Waals surface area contributed by atoms with Crippen LogP contribution in [0.2, 0.25) is 0 Å². The van der Waals surface area contributed by atoms with E-state index in [-0.39, 0.29) is 36.2 Å². The van der Waals surface area contributed by atoms with Crippen molar-refractivity contribution < 1.29 is 14.3 Å². The second-order valence-corrected chi connectivity index (χ2v) is 1.48. The number of Topliss-reactive ketones (excluding diaryl/α,β-unsaturated/α-hetero) is 1. The SMILES string of the molecule is CCOC(=O)C(=O)CC#N.[Na]. The van der Waals surface area contributed by atoms with Crippen molar-refractivity contribution in [2.75, 3.05) is 6.61 Å². The predicted octanol–water partition coefficient (Wildman–Crippen LogP) is -0.349. The first kappa shape index (κ1) is 13.2. The van der Waals surface area contributed by atoms with Crippen molar-refractivity contribution in [2.24, 2.45) is 0 Å².